The van der Waals surface area contributed by atoms with Crippen molar-refractivity contribution in [3.63, 3.8) is 0 Å². The van der Waals surface area contributed by atoms with Gasteiger partial charge in [-0.1, -0.05) is 51.5 Å². The summed E-state index contributed by atoms with van der Waals surface area (Å²) in [6.45, 7) is 16.5. The molecule has 1 unspecified atom stereocenters. The average Bonchev–Trinajstić information content (AvgIpc) is 3.03. The van der Waals surface area contributed by atoms with Gasteiger partial charge in [0.1, 0.15) is 0 Å². The summed E-state index contributed by atoms with van der Waals surface area (Å²) in [7, 11) is 0. The molecule has 1 N–H and O–H groups in total. The fourth-order valence-electron chi connectivity index (χ4n) is 8.43. The summed E-state index contributed by atoms with van der Waals surface area (Å²) in [5.74, 6) is 4.73. The molecule has 1 heteroatoms. The van der Waals surface area contributed by atoms with Crippen LogP contribution in [0, 0.1) is 46.3 Å². The van der Waals surface area contributed by atoms with Crippen LogP contribution in [0.4, 0.5) is 0 Å². The quantitative estimate of drug-likeness (QED) is 0.474. The number of allylic oxidation sites excluding steroid dienone is 3. The Hall–Kier alpha value is -0.560. The van der Waals surface area contributed by atoms with Crippen LogP contribution in [0.2, 0.25) is 0 Å². The van der Waals surface area contributed by atoms with Crippen LogP contribution >= 0.6 is 0 Å². The molecule has 4 rings (SSSR count). The number of hydrogen-bond acceptors (Lipinski definition) is 1. The molecule has 164 valence electrons. The summed E-state index contributed by atoms with van der Waals surface area (Å²) in [6, 6.07) is 0. The molecule has 0 aromatic rings. The van der Waals surface area contributed by atoms with Crippen molar-refractivity contribution in [3.05, 3.63) is 23.8 Å². The van der Waals surface area contributed by atoms with E-state index in [-0.39, 0.29) is 6.10 Å². The van der Waals surface area contributed by atoms with Gasteiger partial charge < -0.3 is 5.11 Å². The second-order valence-corrected chi connectivity index (χ2v) is 12.2. The first kappa shape index (κ1) is 21.7. The summed E-state index contributed by atoms with van der Waals surface area (Å²) in [6.07, 6.45) is 15.5. The molecule has 4 aliphatic carbocycles. The highest BCUT2D eigenvalue weighted by Gasteiger charge is 2.58. The van der Waals surface area contributed by atoms with Crippen molar-refractivity contribution >= 4 is 0 Å². The zero-order chi connectivity index (χ0) is 21.0. The van der Waals surface area contributed by atoms with Gasteiger partial charge in [-0.25, -0.2) is 0 Å². The zero-order valence-electron chi connectivity index (χ0n) is 19.8. The Morgan fingerprint density at radius 3 is 2.48 bits per heavy atom. The number of rotatable bonds is 5. The normalized spacial score (nSPS) is 46.1. The second-order valence-electron chi connectivity index (χ2n) is 12.2. The van der Waals surface area contributed by atoms with E-state index in [1.165, 1.54) is 56.9 Å². The van der Waals surface area contributed by atoms with Gasteiger partial charge in [0.25, 0.3) is 0 Å². The molecule has 0 aliphatic heterocycles. The smallest absolute Gasteiger partial charge is 0.0543 e. The largest absolute Gasteiger partial charge is 0.393 e. The minimum atomic E-state index is -0.0461. The molecule has 0 radical (unpaired) electrons. The van der Waals surface area contributed by atoms with Gasteiger partial charge in [0, 0.05) is 0 Å². The van der Waals surface area contributed by atoms with Crippen molar-refractivity contribution in [1.82, 2.24) is 0 Å². The Kier molecular flexibility index (Phi) is 5.86. The SMILES string of the molecule is C=C(C)[C@@H](C)CC[C@@H](C)[C@H]1CC[C@H]2C3=CCC4C[C@@H](O)CC[C@]4(C)[C@H]3CC[C@]12C. The Morgan fingerprint density at radius 1 is 1.07 bits per heavy atom. The van der Waals surface area contributed by atoms with Crippen molar-refractivity contribution in [1.29, 1.82) is 0 Å². The van der Waals surface area contributed by atoms with E-state index in [1.54, 1.807) is 0 Å². The van der Waals surface area contributed by atoms with Crippen molar-refractivity contribution < 1.29 is 5.11 Å². The highest BCUT2D eigenvalue weighted by atomic mass is 16.3. The van der Waals surface area contributed by atoms with Crippen molar-refractivity contribution in [2.45, 2.75) is 105 Å². The molecule has 0 amide bonds. The third-order valence-corrected chi connectivity index (χ3v) is 10.7. The summed E-state index contributed by atoms with van der Waals surface area (Å²) >= 11 is 0. The molecule has 0 saturated heterocycles. The maximum Gasteiger partial charge on any atom is 0.0543 e. The predicted molar refractivity (Wildman–Crippen MR) is 124 cm³/mol. The molecule has 0 bridgehead atoms. The van der Waals surface area contributed by atoms with Gasteiger partial charge in [0.15, 0.2) is 0 Å². The maximum atomic E-state index is 10.2. The summed E-state index contributed by atoms with van der Waals surface area (Å²) in [5, 5.41) is 10.2. The van der Waals surface area contributed by atoms with Crippen LogP contribution in [-0.4, -0.2) is 11.2 Å². The first-order valence-corrected chi connectivity index (χ1v) is 12.7. The topological polar surface area (TPSA) is 20.2 Å². The molecule has 0 spiro atoms. The van der Waals surface area contributed by atoms with Crippen LogP contribution in [0.1, 0.15) is 98.8 Å². The van der Waals surface area contributed by atoms with Crippen molar-refractivity contribution in [2.24, 2.45) is 46.3 Å². The maximum absolute atomic E-state index is 10.2. The molecule has 9 atom stereocenters. The van der Waals surface area contributed by atoms with E-state index >= 15 is 0 Å². The van der Waals surface area contributed by atoms with Crippen LogP contribution < -0.4 is 0 Å². The van der Waals surface area contributed by atoms with Crippen molar-refractivity contribution in [3.8, 4) is 0 Å². The lowest BCUT2D eigenvalue weighted by Gasteiger charge is -2.57. The third-order valence-electron chi connectivity index (χ3n) is 10.7. The fourth-order valence-corrected chi connectivity index (χ4v) is 8.43. The Morgan fingerprint density at radius 2 is 1.76 bits per heavy atom. The third kappa shape index (κ3) is 3.58. The van der Waals surface area contributed by atoms with Gasteiger partial charge in [0.2, 0.25) is 0 Å². The fraction of sp³-hybridized carbons (Fsp3) is 0.857. The molecule has 4 aliphatic rings. The van der Waals surface area contributed by atoms with Gasteiger partial charge in [-0.05, 0) is 117 Å². The first-order chi connectivity index (χ1) is 13.7. The molecule has 3 fully saturated rings. The molecular formula is C28H46O. The lowest BCUT2D eigenvalue weighted by Crippen LogP contribution is -2.49. The van der Waals surface area contributed by atoms with Gasteiger partial charge in [-0.15, -0.1) is 0 Å². The summed E-state index contributed by atoms with van der Waals surface area (Å²) < 4.78 is 0. The minimum Gasteiger partial charge on any atom is -0.393 e. The molecular weight excluding hydrogens is 352 g/mol. The van der Waals surface area contributed by atoms with E-state index in [0.29, 0.717) is 22.7 Å². The minimum absolute atomic E-state index is 0.0461. The average molecular weight is 399 g/mol. The number of hydrogen-bond donors (Lipinski definition) is 1. The molecule has 3 saturated carbocycles. The van der Waals surface area contributed by atoms with E-state index in [1.807, 2.05) is 5.57 Å². The number of fused-ring (bicyclic) bond motifs is 5. The van der Waals surface area contributed by atoms with Gasteiger partial charge in [-0.3, -0.25) is 0 Å². The Balaban J connectivity index is 1.50. The predicted octanol–water partition coefficient (Wildman–Crippen LogP) is 7.55. The van der Waals surface area contributed by atoms with E-state index in [0.717, 1.165) is 36.5 Å². The number of aliphatic hydroxyl groups excluding tert-OH is 1. The zero-order valence-corrected chi connectivity index (χ0v) is 19.8. The van der Waals surface area contributed by atoms with Gasteiger partial charge in [0.05, 0.1) is 6.10 Å². The lowest BCUT2D eigenvalue weighted by atomic mass is 9.47. The van der Waals surface area contributed by atoms with Crippen LogP contribution in [-0.2, 0) is 0 Å². The van der Waals surface area contributed by atoms with E-state index in [9.17, 15) is 5.11 Å². The Bertz CT molecular complexity index is 661. The van der Waals surface area contributed by atoms with Crippen LogP contribution in [0.5, 0.6) is 0 Å². The Labute approximate surface area is 180 Å². The molecule has 0 aromatic heterocycles. The van der Waals surface area contributed by atoms with Gasteiger partial charge in [-0.2, -0.15) is 0 Å². The van der Waals surface area contributed by atoms with Crippen LogP contribution in [0.25, 0.3) is 0 Å². The molecule has 29 heavy (non-hydrogen) atoms. The van der Waals surface area contributed by atoms with Crippen molar-refractivity contribution in [2.75, 3.05) is 0 Å². The molecule has 0 heterocycles. The monoisotopic (exact) mass is 398 g/mol. The van der Waals surface area contributed by atoms with Crippen LogP contribution in [0.3, 0.4) is 0 Å². The van der Waals surface area contributed by atoms with E-state index < -0.39 is 0 Å². The first-order valence-electron chi connectivity index (χ1n) is 12.7. The van der Waals surface area contributed by atoms with E-state index in [2.05, 4.69) is 47.3 Å². The second kappa shape index (κ2) is 7.85. The lowest BCUT2D eigenvalue weighted by molar-refractivity contribution is -0.0428. The molecule has 0 aromatic carbocycles. The summed E-state index contributed by atoms with van der Waals surface area (Å²) in [5.41, 5.74) is 4.18. The summed E-state index contributed by atoms with van der Waals surface area (Å²) in [4.78, 5) is 0. The van der Waals surface area contributed by atoms with Gasteiger partial charge >= 0.3 is 0 Å². The highest BCUT2D eigenvalue weighted by molar-refractivity contribution is 5.27. The van der Waals surface area contributed by atoms with Crippen LogP contribution in [0.15, 0.2) is 23.8 Å². The van der Waals surface area contributed by atoms with E-state index in [4.69, 9.17) is 0 Å². The number of aliphatic hydroxyl groups is 1. The standard InChI is InChI=1S/C28H46O/c1-18(2)19(3)7-8-20(4)24-11-12-25-23-10-9-21-17-22(29)13-15-27(21,5)26(23)14-16-28(24,25)6/h10,19-22,24-26,29H,1,7-9,11-17H2,2-6H3/t19-,20+,21?,22-,24+,25-,26-,27-,28+/m0/s1. The molecule has 1 nitrogen and oxygen atoms in total. The highest BCUT2D eigenvalue weighted by Crippen LogP contribution is 2.66.